The summed E-state index contributed by atoms with van der Waals surface area (Å²) >= 11 is 0. The van der Waals surface area contributed by atoms with Gasteiger partial charge in [0, 0.05) is 13.1 Å². The van der Waals surface area contributed by atoms with Crippen LogP contribution in [0.1, 0.15) is 32.3 Å². The zero-order valence-electron chi connectivity index (χ0n) is 11.3. The van der Waals surface area contributed by atoms with E-state index in [1.165, 1.54) is 0 Å². The molecule has 0 radical (unpaired) electrons. The van der Waals surface area contributed by atoms with Crippen molar-refractivity contribution in [3.8, 4) is 5.69 Å². The summed E-state index contributed by atoms with van der Waals surface area (Å²) in [5, 5.41) is 19.6. The van der Waals surface area contributed by atoms with Gasteiger partial charge in [0.05, 0.1) is 18.4 Å². The van der Waals surface area contributed by atoms with Gasteiger partial charge in [-0.15, -0.1) is 5.10 Å². The number of hydrogen-bond donors (Lipinski definition) is 1. The lowest BCUT2D eigenvalue weighted by molar-refractivity contribution is 0.562. The van der Waals surface area contributed by atoms with Crippen molar-refractivity contribution in [1.82, 2.24) is 35.3 Å². The molecule has 0 unspecified atom stereocenters. The number of nitrogens with one attached hydrogen (secondary N) is 1. The molecule has 0 aromatic carbocycles. The maximum absolute atomic E-state index is 4.40. The average molecular weight is 249 g/mol. The Hall–Kier alpha value is -1.76. The molecule has 0 aliphatic heterocycles. The van der Waals surface area contributed by atoms with Gasteiger partial charge in [-0.2, -0.15) is 9.78 Å². The first kappa shape index (κ1) is 12.7. The minimum absolute atomic E-state index is 0.398. The van der Waals surface area contributed by atoms with Gasteiger partial charge in [0.1, 0.15) is 5.69 Å². The van der Waals surface area contributed by atoms with E-state index >= 15 is 0 Å². The second-order valence-corrected chi connectivity index (χ2v) is 4.53. The Morgan fingerprint density at radius 3 is 2.83 bits per heavy atom. The molecule has 1 N–H and O–H groups in total. The largest absolute Gasteiger partial charge is 0.308 e. The van der Waals surface area contributed by atoms with Gasteiger partial charge < -0.3 is 5.32 Å². The fraction of sp³-hybridized carbons (Fsp3) is 0.636. The second-order valence-electron chi connectivity index (χ2n) is 4.53. The highest BCUT2D eigenvalue weighted by Gasteiger charge is 2.14. The van der Waals surface area contributed by atoms with Crippen LogP contribution in [-0.4, -0.2) is 36.0 Å². The van der Waals surface area contributed by atoms with Gasteiger partial charge in [0.25, 0.3) is 0 Å². The predicted octanol–water partition coefficient (Wildman–Crippen LogP) is 0.456. The van der Waals surface area contributed by atoms with E-state index in [9.17, 15) is 0 Å². The molecule has 7 nitrogen and oxygen atoms in total. The third kappa shape index (κ3) is 2.56. The van der Waals surface area contributed by atoms with E-state index in [1.807, 2.05) is 13.2 Å². The van der Waals surface area contributed by atoms with Gasteiger partial charge in [-0.1, -0.05) is 20.8 Å². The smallest absolute Gasteiger partial charge is 0.170 e. The molecule has 2 heterocycles. The summed E-state index contributed by atoms with van der Waals surface area (Å²) in [5.41, 5.74) is 1.95. The maximum atomic E-state index is 4.40. The Kier molecular flexibility index (Phi) is 3.71. The number of rotatable bonds is 5. The van der Waals surface area contributed by atoms with Crippen LogP contribution in [-0.2, 0) is 20.0 Å². The molecule has 0 aliphatic rings. The number of nitrogens with zero attached hydrogens (tertiary/aromatic N) is 6. The van der Waals surface area contributed by atoms with Crippen molar-refractivity contribution in [2.75, 3.05) is 0 Å². The fourth-order valence-electron chi connectivity index (χ4n) is 1.75. The highest BCUT2D eigenvalue weighted by molar-refractivity contribution is 5.34. The zero-order valence-corrected chi connectivity index (χ0v) is 11.3. The molecule has 0 saturated heterocycles. The molecule has 0 spiro atoms. The van der Waals surface area contributed by atoms with Crippen LogP contribution in [0.3, 0.4) is 0 Å². The van der Waals surface area contributed by atoms with Crippen LogP contribution >= 0.6 is 0 Å². The molecular weight excluding hydrogens is 230 g/mol. The Labute approximate surface area is 106 Å². The summed E-state index contributed by atoms with van der Waals surface area (Å²) < 4.78 is 3.54. The Morgan fingerprint density at radius 1 is 1.39 bits per heavy atom. The van der Waals surface area contributed by atoms with Gasteiger partial charge in [0.15, 0.2) is 5.82 Å². The van der Waals surface area contributed by atoms with Crippen LogP contribution in [0.4, 0.5) is 0 Å². The van der Waals surface area contributed by atoms with E-state index in [0.717, 1.165) is 23.6 Å². The number of hydrogen-bond acceptors (Lipinski definition) is 5. The van der Waals surface area contributed by atoms with Crippen LogP contribution in [0.5, 0.6) is 0 Å². The maximum Gasteiger partial charge on any atom is 0.170 e. The minimum atomic E-state index is 0.398. The molecule has 0 amide bonds. The molecule has 2 aromatic rings. The molecular formula is C11H19N7. The van der Waals surface area contributed by atoms with Crippen molar-refractivity contribution in [3.05, 3.63) is 17.7 Å². The SMILES string of the molecule is CCc1nn(C)cc1-n1nnnc1CNC(C)C. The van der Waals surface area contributed by atoms with Crippen LogP contribution in [0.15, 0.2) is 6.20 Å². The standard InChI is InChI=1S/C11H19N7/c1-5-9-10(7-17(4)14-9)18-11(13-15-16-18)6-12-8(2)3/h7-8,12H,5-6H2,1-4H3. The molecule has 2 rings (SSSR count). The quantitative estimate of drug-likeness (QED) is 0.833. The first-order valence-electron chi connectivity index (χ1n) is 6.15. The summed E-state index contributed by atoms with van der Waals surface area (Å²) in [7, 11) is 1.90. The van der Waals surface area contributed by atoms with Gasteiger partial charge in [0.2, 0.25) is 0 Å². The first-order valence-corrected chi connectivity index (χ1v) is 6.15. The van der Waals surface area contributed by atoms with Crippen molar-refractivity contribution in [2.24, 2.45) is 7.05 Å². The van der Waals surface area contributed by atoms with Crippen LogP contribution < -0.4 is 5.32 Å². The number of tetrazole rings is 1. The van der Waals surface area contributed by atoms with Crippen molar-refractivity contribution in [3.63, 3.8) is 0 Å². The average Bonchev–Trinajstić information content (AvgIpc) is 2.91. The molecule has 0 bridgehead atoms. The topological polar surface area (TPSA) is 73.5 Å². The summed E-state index contributed by atoms with van der Waals surface area (Å²) in [6, 6.07) is 0.398. The van der Waals surface area contributed by atoms with E-state index < -0.39 is 0 Å². The van der Waals surface area contributed by atoms with Crippen molar-refractivity contribution >= 4 is 0 Å². The Balaban J connectivity index is 2.30. The Bertz CT molecular complexity index is 511. The summed E-state index contributed by atoms with van der Waals surface area (Å²) in [4.78, 5) is 0. The predicted molar refractivity (Wildman–Crippen MR) is 67.3 cm³/mol. The molecule has 0 atom stereocenters. The molecule has 18 heavy (non-hydrogen) atoms. The molecule has 0 fully saturated rings. The van der Waals surface area contributed by atoms with Gasteiger partial charge >= 0.3 is 0 Å². The van der Waals surface area contributed by atoms with Crippen molar-refractivity contribution in [1.29, 1.82) is 0 Å². The fourth-order valence-corrected chi connectivity index (χ4v) is 1.75. The summed E-state index contributed by atoms with van der Waals surface area (Å²) in [6.07, 6.45) is 2.79. The first-order chi connectivity index (χ1) is 8.61. The molecule has 2 aromatic heterocycles. The van der Waals surface area contributed by atoms with Crippen LogP contribution in [0.25, 0.3) is 5.69 Å². The minimum Gasteiger partial charge on any atom is -0.308 e. The van der Waals surface area contributed by atoms with Gasteiger partial charge in [-0.25, -0.2) is 0 Å². The molecule has 98 valence electrons. The van der Waals surface area contributed by atoms with Crippen molar-refractivity contribution < 1.29 is 0 Å². The highest BCUT2D eigenvalue weighted by atomic mass is 15.6. The second kappa shape index (κ2) is 5.26. The van der Waals surface area contributed by atoms with E-state index in [1.54, 1.807) is 9.36 Å². The lowest BCUT2D eigenvalue weighted by Crippen LogP contribution is -2.24. The lowest BCUT2D eigenvalue weighted by atomic mass is 10.3. The third-order valence-corrected chi connectivity index (χ3v) is 2.65. The lowest BCUT2D eigenvalue weighted by Gasteiger charge is -2.07. The van der Waals surface area contributed by atoms with Crippen LogP contribution in [0, 0.1) is 0 Å². The molecule has 0 saturated carbocycles. The normalized spacial score (nSPS) is 11.4. The third-order valence-electron chi connectivity index (χ3n) is 2.65. The number of aryl methyl sites for hydroxylation is 2. The van der Waals surface area contributed by atoms with E-state index in [4.69, 9.17) is 0 Å². The van der Waals surface area contributed by atoms with E-state index in [0.29, 0.717) is 12.6 Å². The van der Waals surface area contributed by atoms with Gasteiger partial charge in [-0.3, -0.25) is 4.68 Å². The van der Waals surface area contributed by atoms with E-state index in [2.05, 4.69) is 46.7 Å². The highest BCUT2D eigenvalue weighted by Crippen LogP contribution is 2.13. The molecule has 7 heteroatoms. The monoisotopic (exact) mass is 249 g/mol. The zero-order chi connectivity index (χ0) is 13.1. The van der Waals surface area contributed by atoms with Gasteiger partial charge in [-0.05, 0) is 16.8 Å². The Morgan fingerprint density at radius 2 is 2.17 bits per heavy atom. The molecule has 0 aliphatic carbocycles. The van der Waals surface area contributed by atoms with E-state index in [-0.39, 0.29) is 0 Å². The van der Waals surface area contributed by atoms with Crippen LogP contribution in [0.2, 0.25) is 0 Å². The number of aromatic nitrogens is 6. The summed E-state index contributed by atoms with van der Waals surface area (Å²) in [5.74, 6) is 0.798. The summed E-state index contributed by atoms with van der Waals surface area (Å²) in [6.45, 7) is 6.90. The van der Waals surface area contributed by atoms with Crippen molar-refractivity contribution in [2.45, 2.75) is 39.8 Å².